The van der Waals surface area contributed by atoms with Gasteiger partial charge in [-0.05, 0) is 45.2 Å². The molecule has 0 radical (unpaired) electrons. The first-order chi connectivity index (χ1) is 8.33. The van der Waals surface area contributed by atoms with E-state index < -0.39 is 0 Å². The van der Waals surface area contributed by atoms with Gasteiger partial charge in [0.05, 0.1) is 12.4 Å². The van der Waals surface area contributed by atoms with Crippen LogP contribution in [0.25, 0.3) is 0 Å². The SMILES string of the molecule is Cc1ncc2n1CN(CCC1CCNCC1)C2. The van der Waals surface area contributed by atoms with Crippen LogP contribution in [0.15, 0.2) is 6.20 Å². The minimum atomic E-state index is 0.940. The Morgan fingerprint density at radius 3 is 3.00 bits per heavy atom. The normalized spacial score (nSPS) is 21.9. The molecule has 0 spiro atoms. The first kappa shape index (κ1) is 11.2. The largest absolute Gasteiger partial charge is 0.317 e. The molecule has 1 aromatic heterocycles. The van der Waals surface area contributed by atoms with E-state index in [-0.39, 0.29) is 0 Å². The molecule has 2 aliphatic rings. The number of rotatable bonds is 3. The molecule has 0 unspecified atom stereocenters. The molecular weight excluding hydrogens is 212 g/mol. The summed E-state index contributed by atoms with van der Waals surface area (Å²) in [5, 5.41) is 3.43. The summed E-state index contributed by atoms with van der Waals surface area (Å²) in [7, 11) is 0. The second-order valence-corrected chi connectivity index (χ2v) is 5.40. The van der Waals surface area contributed by atoms with Gasteiger partial charge in [0.2, 0.25) is 0 Å². The van der Waals surface area contributed by atoms with Crippen molar-refractivity contribution < 1.29 is 0 Å². The molecule has 94 valence electrons. The highest BCUT2D eigenvalue weighted by Crippen LogP contribution is 2.21. The Labute approximate surface area is 103 Å². The lowest BCUT2D eigenvalue weighted by molar-refractivity contribution is 0.220. The predicted octanol–water partition coefficient (Wildman–Crippen LogP) is 1.35. The Morgan fingerprint density at radius 2 is 2.24 bits per heavy atom. The zero-order chi connectivity index (χ0) is 11.7. The number of hydrogen-bond donors (Lipinski definition) is 1. The van der Waals surface area contributed by atoms with E-state index in [4.69, 9.17) is 0 Å². The first-order valence-corrected chi connectivity index (χ1v) is 6.77. The van der Waals surface area contributed by atoms with Crippen LogP contribution in [-0.2, 0) is 13.2 Å². The van der Waals surface area contributed by atoms with Crippen LogP contribution in [-0.4, -0.2) is 34.1 Å². The quantitative estimate of drug-likeness (QED) is 0.857. The van der Waals surface area contributed by atoms with E-state index in [9.17, 15) is 0 Å². The van der Waals surface area contributed by atoms with E-state index in [0.29, 0.717) is 0 Å². The maximum absolute atomic E-state index is 4.35. The average Bonchev–Trinajstić information content (AvgIpc) is 2.91. The van der Waals surface area contributed by atoms with Gasteiger partial charge in [-0.2, -0.15) is 0 Å². The highest BCUT2D eigenvalue weighted by atomic mass is 15.3. The van der Waals surface area contributed by atoms with Gasteiger partial charge in [0.1, 0.15) is 5.82 Å². The second-order valence-electron chi connectivity index (χ2n) is 5.40. The van der Waals surface area contributed by atoms with Crippen molar-refractivity contribution in [3.05, 3.63) is 17.7 Å². The molecule has 2 aliphatic heterocycles. The molecule has 0 atom stereocenters. The third-order valence-electron chi connectivity index (χ3n) is 4.18. The number of hydrogen-bond acceptors (Lipinski definition) is 3. The number of fused-ring (bicyclic) bond motifs is 1. The highest BCUT2D eigenvalue weighted by Gasteiger charge is 2.21. The van der Waals surface area contributed by atoms with Crippen LogP contribution in [0.1, 0.15) is 30.8 Å². The van der Waals surface area contributed by atoms with Crippen molar-refractivity contribution >= 4 is 0 Å². The van der Waals surface area contributed by atoms with Gasteiger partial charge in [-0.15, -0.1) is 0 Å². The summed E-state index contributed by atoms with van der Waals surface area (Å²) in [6.07, 6.45) is 6.11. The van der Waals surface area contributed by atoms with Crippen LogP contribution in [0.4, 0.5) is 0 Å². The molecule has 0 saturated carbocycles. The van der Waals surface area contributed by atoms with Crippen LogP contribution in [0, 0.1) is 12.8 Å². The second kappa shape index (κ2) is 4.78. The van der Waals surface area contributed by atoms with Crippen molar-refractivity contribution in [3.63, 3.8) is 0 Å². The monoisotopic (exact) mass is 234 g/mol. The zero-order valence-corrected chi connectivity index (χ0v) is 10.7. The van der Waals surface area contributed by atoms with Crippen LogP contribution < -0.4 is 5.32 Å². The molecule has 0 amide bonds. The van der Waals surface area contributed by atoms with E-state index in [1.807, 2.05) is 6.20 Å². The molecule has 1 saturated heterocycles. The van der Waals surface area contributed by atoms with Crippen molar-refractivity contribution in [1.82, 2.24) is 19.8 Å². The van der Waals surface area contributed by atoms with Crippen molar-refractivity contribution in [2.45, 2.75) is 39.4 Å². The van der Waals surface area contributed by atoms with E-state index in [1.54, 1.807) is 0 Å². The Balaban J connectivity index is 1.48. The number of nitrogens with one attached hydrogen (secondary N) is 1. The molecule has 0 bridgehead atoms. The Bertz CT molecular complexity index is 379. The van der Waals surface area contributed by atoms with Crippen molar-refractivity contribution in [1.29, 1.82) is 0 Å². The van der Waals surface area contributed by atoms with Gasteiger partial charge in [-0.1, -0.05) is 0 Å². The topological polar surface area (TPSA) is 33.1 Å². The third-order valence-corrected chi connectivity index (χ3v) is 4.18. The third kappa shape index (κ3) is 2.38. The molecule has 1 aromatic rings. The van der Waals surface area contributed by atoms with Crippen LogP contribution >= 0.6 is 0 Å². The van der Waals surface area contributed by atoms with E-state index in [2.05, 4.69) is 26.7 Å². The lowest BCUT2D eigenvalue weighted by atomic mass is 9.94. The number of piperidine rings is 1. The fraction of sp³-hybridized carbons (Fsp3) is 0.769. The number of aryl methyl sites for hydroxylation is 1. The van der Waals surface area contributed by atoms with Gasteiger partial charge in [-0.25, -0.2) is 4.98 Å². The standard InChI is InChI=1S/C13H22N4/c1-11-15-8-13-9-16(10-17(11)13)7-4-12-2-5-14-6-3-12/h8,12,14H,2-7,9-10H2,1H3. The van der Waals surface area contributed by atoms with Gasteiger partial charge in [0.15, 0.2) is 0 Å². The number of nitrogens with zero attached hydrogens (tertiary/aromatic N) is 3. The first-order valence-electron chi connectivity index (χ1n) is 6.77. The van der Waals surface area contributed by atoms with Gasteiger partial charge in [-0.3, -0.25) is 4.90 Å². The smallest absolute Gasteiger partial charge is 0.106 e. The Hall–Kier alpha value is -0.870. The minimum Gasteiger partial charge on any atom is -0.317 e. The van der Waals surface area contributed by atoms with Crippen molar-refractivity contribution in [3.8, 4) is 0 Å². The summed E-state index contributed by atoms with van der Waals surface area (Å²) in [4.78, 5) is 6.90. The van der Waals surface area contributed by atoms with Gasteiger partial charge in [0.25, 0.3) is 0 Å². The van der Waals surface area contributed by atoms with E-state index in [0.717, 1.165) is 25.0 Å². The van der Waals surface area contributed by atoms with Crippen LogP contribution in [0.3, 0.4) is 0 Å². The average molecular weight is 234 g/mol. The number of aromatic nitrogens is 2. The molecular formula is C13H22N4. The molecule has 4 nitrogen and oxygen atoms in total. The maximum atomic E-state index is 4.35. The molecule has 0 aromatic carbocycles. The summed E-state index contributed by atoms with van der Waals surface area (Å²) >= 11 is 0. The summed E-state index contributed by atoms with van der Waals surface area (Å²) in [5.41, 5.74) is 1.38. The van der Waals surface area contributed by atoms with Crippen molar-refractivity contribution in [2.24, 2.45) is 5.92 Å². The molecule has 0 aliphatic carbocycles. The summed E-state index contributed by atoms with van der Waals surface area (Å²) in [6.45, 7) is 7.91. The highest BCUT2D eigenvalue weighted by molar-refractivity contribution is 5.07. The van der Waals surface area contributed by atoms with E-state index >= 15 is 0 Å². The minimum absolute atomic E-state index is 0.940. The van der Waals surface area contributed by atoms with Crippen LogP contribution in [0.5, 0.6) is 0 Å². The molecule has 4 heteroatoms. The zero-order valence-electron chi connectivity index (χ0n) is 10.7. The fourth-order valence-corrected chi connectivity index (χ4v) is 3.00. The van der Waals surface area contributed by atoms with Gasteiger partial charge < -0.3 is 9.88 Å². The van der Waals surface area contributed by atoms with Crippen LogP contribution in [0.2, 0.25) is 0 Å². The predicted molar refractivity (Wildman–Crippen MR) is 67.6 cm³/mol. The lowest BCUT2D eigenvalue weighted by Gasteiger charge is -2.24. The Morgan fingerprint density at radius 1 is 1.41 bits per heavy atom. The number of imidazole rings is 1. The maximum Gasteiger partial charge on any atom is 0.106 e. The summed E-state index contributed by atoms with van der Waals surface area (Å²) < 4.78 is 2.34. The molecule has 3 rings (SSSR count). The lowest BCUT2D eigenvalue weighted by Crippen LogP contribution is -2.30. The molecule has 3 heterocycles. The fourth-order valence-electron chi connectivity index (χ4n) is 3.00. The summed E-state index contributed by atoms with van der Waals surface area (Å²) in [6, 6.07) is 0. The summed E-state index contributed by atoms with van der Waals surface area (Å²) in [5.74, 6) is 2.10. The van der Waals surface area contributed by atoms with Crippen molar-refractivity contribution in [2.75, 3.05) is 19.6 Å². The van der Waals surface area contributed by atoms with Gasteiger partial charge >= 0.3 is 0 Å². The molecule has 1 N–H and O–H groups in total. The van der Waals surface area contributed by atoms with E-state index in [1.165, 1.54) is 44.6 Å². The molecule has 1 fully saturated rings. The molecule has 17 heavy (non-hydrogen) atoms. The van der Waals surface area contributed by atoms with Gasteiger partial charge in [0, 0.05) is 19.3 Å². The Kier molecular flexibility index (Phi) is 3.16.